The van der Waals surface area contributed by atoms with Crippen molar-refractivity contribution >= 4 is 23.9 Å². The number of rotatable bonds is 10. The number of carbonyl (C=O) groups is 4. The second kappa shape index (κ2) is 10.7. The maximum atomic E-state index is 12.8. The summed E-state index contributed by atoms with van der Waals surface area (Å²) in [4.78, 5) is 50.8. The molecular formula is C20H27N3O7. The van der Waals surface area contributed by atoms with Gasteiger partial charge >= 0.3 is 18.0 Å². The zero-order valence-electron chi connectivity index (χ0n) is 17.0. The van der Waals surface area contributed by atoms with E-state index in [1.165, 1.54) is 14.0 Å². The summed E-state index contributed by atoms with van der Waals surface area (Å²) in [5.41, 5.74) is 0.987. The zero-order valence-corrected chi connectivity index (χ0v) is 17.0. The maximum Gasteiger partial charge on any atom is 0.328 e. The Morgan fingerprint density at radius 1 is 1.27 bits per heavy atom. The molecule has 164 valence electrons. The number of imide groups is 1. The van der Waals surface area contributed by atoms with E-state index in [0.29, 0.717) is 17.7 Å². The Morgan fingerprint density at radius 2 is 1.93 bits per heavy atom. The van der Waals surface area contributed by atoms with E-state index in [1.54, 1.807) is 0 Å². The molecule has 1 saturated heterocycles. The number of ether oxygens (including phenoxy) is 1. The molecule has 3 amide bonds. The summed E-state index contributed by atoms with van der Waals surface area (Å²) in [5.74, 6) is -2.66. The second-order valence-corrected chi connectivity index (χ2v) is 7.08. The molecule has 3 unspecified atom stereocenters. The van der Waals surface area contributed by atoms with Crippen LogP contribution in [0.4, 0.5) is 4.79 Å². The fourth-order valence-electron chi connectivity index (χ4n) is 3.23. The minimum absolute atomic E-state index is 0.109. The van der Waals surface area contributed by atoms with Crippen molar-refractivity contribution in [1.82, 2.24) is 15.1 Å². The zero-order chi connectivity index (χ0) is 22.3. The molecule has 2 rings (SSSR count). The van der Waals surface area contributed by atoms with Gasteiger partial charge in [0.05, 0.1) is 19.2 Å². The highest BCUT2D eigenvalue weighted by Crippen LogP contribution is 2.17. The van der Waals surface area contributed by atoms with Crippen molar-refractivity contribution in [2.24, 2.45) is 0 Å². The van der Waals surface area contributed by atoms with Gasteiger partial charge in [0.2, 0.25) is 5.91 Å². The van der Waals surface area contributed by atoms with Crippen LogP contribution in [0.2, 0.25) is 0 Å². The molecule has 1 heterocycles. The van der Waals surface area contributed by atoms with Crippen molar-refractivity contribution in [1.29, 1.82) is 0 Å². The molecule has 1 fully saturated rings. The highest BCUT2D eigenvalue weighted by Gasteiger charge is 2.45. The Labute approximate surface area is 174 Å². The van der Waals surface area contributed by atoms with Crippen molar-refractivity contribution in [2.75, 3.05) is 26.8 Å². The number of amides is 3. The van der Waals surface area contributed by atoms with E-state index in [2.05, 4.69) is 5.32 Å². The summed E-state index contributed by atoms with van der Waals surface area (Å²) < 4.78 is 5.00. The molecular weight excluding hydrogens is 394 g/mol. The number of carbonyl (C=O) groups excluding carboxylic acids is 3. The number of urea groups is 1. The molecule has 30 heavy (non-hydrogen) atoms. The number of aliphatic hydroxyl groups is 1. The first kappa shape index (κ1) is 23.3. The Balaban J connectivity index is 2.10. The number of likely N-dealkylation sites (N-methyl/N-ethyl adjacent to an activating group) is 1. The summed E-state index contributed by atoms with van der Waals surface area (Å²) in [7, 11) is 1.42. The number of esters is 1. The van der Waals surface area contributed by atoms with Gasteiger partial charge in [0.15, 0.2) is 6.04 Å². The third kappa shape index (κ3) is 5.77. The van der Waals surface area contributed by atoms with Gasteiger partial charge in [-0.05, 0) is 25.3 Å². The molecule has 1 aliphatic heterocycles. The van der Waals surface area contributed by atoms with Gasteiger partial charge in [-0.15, -0.1) is 0 Å². The van der Waals surface area contributed by atoms with Crippen LogP contribution in [0.5, 0.6) is 0 Å². The van der Waals surface area contributed by atoms with Gasteiger partial charge < -0.3 is 19.8 Å². The van der Waals surface area contributed by atoms with Crippen molar-refractivity contribution < 1.29 is 34.1 Å². The van der Waals surface area contributed by atoms with Crippen LogP contribution in [0.25, 0.3) is 0 Å². The van der Waals surface area contributed by atoms with Gasteiger partial charge in [0.25, 0.3) is 0 Å². The normalized spacial score (nSPS) is 18.2. The number of aryl methyl sites for hydroxylation is 1. The van der Waals surface area contributed by atoms with Crippen LogP contribution < -0.4 is 5.32 Å². The number of nitrogens with one attached hydrogen (secondary N) is 1. The molecule has 3 N–H and O–H groups in total. The van der Waals surface area contributed by atoms with Gasteiger partial charge in [-0.2, -0.15) is 0 Å². The second-order valence-electron chi connectivity index (χ2n) is 7.08. The average Bonchev–Trinajstić information content (AvgIpc) is 3.04. The van der Waals surface area contributed by atoms with Crippen molar-refractivity contribution in [3.05, 3.63) is 35.9 Å². The van der Waals surface area contributed by atoms with Crippen LogP contribution in [0.15, 0.2) is 30.3 Å². The fraction of sp³-hybridized carbons (Fsp3) is 0.500. The number of hydrogen-bond acceptors (Lipinski definition) is 7. The van der Waals surface area contributed by atoms with Crippen LogP contribution in [-0.4, -0.2) is 88.8 Å². The molecule has 0 aliphatic carbocycles. The number of carboxylic acids is 1. The predicted molar refractivity (Wildman–Crippen MR) is 105 cm³/mol. The predicted octanol–water partition coefficient (Wildman–Crippen LogP) is -0.151. The fourth-order valence-corrected chi connectivity index (χ4v) is 3.23. The summed E-state index contributed by atoms with van der Waals surface area (Å²) >= 11 is 0. The summed E-state index contributed by atoms with van der Waals surface area (Å²) in [5, 5.41) is 21.1. The molecule has 1 aromatic rings. The first-order chi connectivity index (χ1) is 14.3. The molecule has 0 spiro atoms. The monoisotopic (exact) mass is 421 g/mol. The standard InChI is InChI=1S/C20H27N3O7/c1-13(17(25)23-16(18(26)27)12-22(2)20(23)29)21-15(19(28)30-11-10-24)9-8-14-6-4-3-5-7-14/h3-7,13,15-16,21,24H,8-12H2,1-2H3,(H,26,27). The third-order valence-electron chi connectivity index (χ3n) is 4.82. The quantitative estimate of drug-likeness (QED) is 0.444. The Morgan fingerprint density at radius 3 is 2.53 bits per heavy atom. The van der Waals surface area contributed by atoms with Crippen molar-refractivity contribution in [3.8, 4) is 0 Å². The van der Waals surface area contributed by atoms with E-state index in [9.17, 15) is 24.3 Å². The van der Waals surface area contributed by atoms with Gasteiger partial charge in [-0.3, -0.25) is 14.9 Å². The SMILES string of the molecule is CC(NC(CCc1ccccc1)C(=O)OCCO)C(=O)N1C(=O)N(C)CC1C(=O)O. The van der Waals surface area contributed by atoms with E-state index in [1.807, 2.05) is 30.3 Å². The minimum atomic E-state index is -1.29. The van der Waals surface area contributed by atoms with Crippen LogP contribution >= 0.6 is 0 Å². The maximum absolute atomic E-state index is 12.8. The summed E-state index contributed by atoms with van der Waals surface area (Å²) in [6.45, 7) is 0.839. The van der Waals surface area contributed by atoms with Crippen molar-refractivity contribution in [2.45, 2.75) is 37.9 Å². The largest absolute Gasteiger partial charge is 0.480 e. The Hall–Kier alpha value is -2.98. The lowest BCUT2D eigenvalue weighted by Crippen LogP contribution is -2.54. The molecule has 3 atom stereocenters. The van der Waals surface area contributed by atoms with Crippen LogP contribution in [-0.2, 0) is 25.5 Å². The number of carboxylic acid groups (broad SMARTS) is 1. The minimum Gasteiger partial charge on any atom is -0.480 e. The molecule has 0 saturated carbocycles. The van der Waals surface area contributed by atoms with Gasteiger partial charge in [0, 0.05) is 7.05 Å². The van der Waals surface area contributed by atoms with E-state index in [4.69, 9.17) is 9.84 Å². The molecule has 0 bridgehead atoms. The topological polar surface area (TPSA) is 136 Å². The van der Waals surface area contributed by atoms with Gasteiger partial charge in [-0.1, -0.05) is 30.3 Å². The van der Waals surface area contributed by atoms with E-state index >= 15 is 0 Å². The summed E-state index contributed by atoms with van der Waals surface area (Å²) in [6, 6.07) is 5.54. The lowest BCUT2D eigenvalue weighted by molar-refractivity contribution is -0.149. The first-order valence-corrected chi connectivity index (χ1v) is 9.64. The summed E-state index contributed by atoms with van der Waals surface area (Å²) in [6.07, 6.45) is 0.832. The van der Waals surface area contributed by atoms with E-state index in [0.717, 1.165) is 10.5 Å². The lowest BCUT2D eigenvalue weighted by Gasteiger charge is -2.26. The highest BCUT2D eigenvalue weighted by molar-refractivity contribution is 6.02. The van der Waals surface area contributed by atoms with Crippen molar-refractivity contribution in [3.63, 3.8) is 0 Å². The molecule has 1 aromatic carbocycles. The molecule has 10 nitrogen and oxygen atoms in total. The lowest BCUT2D eigenvalue weighted by atomic mass is 10.0. The molecule has 0 aromatic heterocycles. The Bertz CT molecular complexity index is 771. The average molecular weight is 421 g/mol. The molecule has 1 aliphatic rings. The van der Waals surface area contributed by atoms with Crippen LogP contribution in [0, 0.1) is 0 Å². The van der Waals surface area contributed by atoms with Gasteiger partial charge in [0.1, 0.15) is 12.6 Å². The van der Waals surface area contributed by atoms with E-state index in [-0.39, 0.29) is 19.8 Å². The third-order valence-corrected chi connectivity index (χ3v) is 4.82. The van der Waals surface area contributed by atoms with E-state index < -0.39 is 42.0 Å². The molecule has 10 heteroatoms. The van der Waals surface area contributed by atoms with Gasteiger partial charge in [-0.25, -0.2) is 14.5 Å². The number of nitrogens with zero attached hydrogens (tertiary/aromatic N) is 2. The van der Waals surface area contributed by atoms with Crippen LogP contribution in [0.1, 0.15) is 18.9 Å². The number of aliphatic hydroxyl groups excluding tert-OH is 1. The number of aliphatic carboxylic acids is 1. The Kier molecular flexibility index (Phi) is 8.31. The highest BCUT2D eigenvalue weighted by atomic mass is 16.5. The number of benzene rings is 1. The van der Waals surface area contributed by atoms with Crippen LogP contribution in [0.3, 0.4) is 0 Å². The first-order valence-electron chi connectivity index (χ1n) is 9.64. The smallest absolute Gasteiger partial charge is 0.328 e. The molecule has 0 radical (unpaired) electrons. The number of hydrogen-bond donors (Lipinski definition) is 3.